The molecule has 0 bridgehead atoms. The van der Waals surface area contributed by atoms with Gasteiger partial charge in [0, 0.05) is 42.3 Å². The van der Waals surface area contributed by atoms with E-state index in [0.717, 1.165) is 48.9 Å². The van der Waals surface area contributed by atoms with Gasteiger partial charge in [0.05, 0.1) is 11.8 Å². The number of likely N-dealkylation sites (N-methyl/N-ethyl adjacent to an activating group) is 1. The lowest BCUT2D eigenvalue weighted by molar-refractivity contribution is -0.119. The molecule has 1 saturated heterocycles. The van der Waals surface area contributed by atoms with Gasteiger partial charge in [0.25, 0.3) is 0 Å². The van der Waals surface area contributed by atoms with Crippen LogP contribution >= 0.6 is 11.8 Å². The molecule has 2 aromatic carbocycles. The Hall–Kier alpha value is -2.12. The number of anilines is 1. The van der Waals surface area contributed by atoms with Gasteiger partial charge in [0.1, 0.15) is 11.6 Å². The first-order valence-electron chi connectivity index (χ1n) is 9.90. The minimum atomic E-state index is -0.314. The molecule has 156 valence electrons. The zero-order chi connectivity index (χ0) is 20.8. The third-order valence-electron chi connectivity index (χ3n) is 5.18. The second-order valence-corrected chi connectivity index (χ2v) is 8.20. The number of hydrogen-bond donors (Lipinski definition) is 1. The number of carbonyl (C=O) groups excluding carboxylic acids is 1. The summed E-state index contributed by atoms with van der Waals surface area (Å²) in [7, 11) is 0. The van der Waals surface area contributed by atoms with Crippen LogP contribution in [0.15, 0.2) is 47.4 Å². The van der Waals surface area contributed by atoms with Gasteiger partial charge in [0.15, 0.2) is 0 Å². The smallest absolute Gasteiger partial charge is 0.230 e. The van der Waals surface area contributed by atoms with Crippen molar-refractivity contribution in [2.45, 2.75) is 24.8 Å². The zero-order valence-electron chi connectivity index (χ0n) is 16.8. The minimum Gasteiger partial charge on any atom is -0.369 e. The molecule has 1 aliphatic heterocycles. The van der Waals surface area contributed by atoms with Crippen LogP contribution in [0.3, 0.4) is 0 Å². The highest BCUT2D eigenvalue weighted by Gasteiger charge is 2.21. The van der Waals surface area contributed by atoms with Gasteiger partial charge in [-0.25, -0.2) is 8.78 Å². The van der Waals surface area contributed by atoms with Gasteiger partial charge in [0.2, 0.25) is 5.91 Å². The van der Waals surface area contributed by atoms with Crippen LogP contribution in [0.5, 0.6) is 0 Å². The van der Waals surface area contributed by atoms with E-state index in [0.29, 0.717) is 0 Å². The van der Waals surface area contributed by atoms with Gasteiger partial charge in [-0.05, 0) is 55.9 Å². The lowest BCUT2D eigenvalue weighted by Crippen LogP contribution is -2.46. The molecule has 1 aliphatic rings. The average Bonchev–Trinajstić information content (AvgIpc) is 2.73. The number of amides is 1. The summed E-state index contributed by atoms with van der Waals surface area (Å²) in [5, 5.41) is 2.97. The predicted molar refractivity (Wildman–Crippen MR) is 114 cm³/mol. The number of thioether (sulfide) groups is 1. The molecular formula is C22H27F2N3OS. The minimum absolute atomic E-state index is 0.141. The Morgan fingerprint density at radius 3 is 2.38 bits per heavy atom. The molecule has 0 radical (unpaired) electrons. The van der Waals surface area contributed by atoms with E-state index in [1.807, 2.05) is 13.0 Å². The Morgan fingerprint density at radius 1 is 1.07 bits per heavy atom. The van der Waals surface area contributed by atoms with Crippen molar-refractivity contribution in [3.8, 4) is 0 Å². The first kappa shape index (κ1) is 21.6. The van der Waals surface area contributed by atoms with Crippen LogP contribution in [-0.4, -0.2) is 49.3 Å². The summed E-state index contributed by atoms with van der Waals surface area (Å²) < 4.78 is 26.9. The number of rotatable bonds is 7. The monoisotopic (exact) mass is 419 g/mol. The number of halogens is 2. The van der Waals surface area contributed by atoms with Crippen LogP contribution in [0.2, 0.25) is 0 Å². The van der Waals surface area contributed by atoms with E-state index in [4.69, 9.17) is 0 Å². The Morgan fingerprint density at radius 2 is 1.72 bits per heavy atom. The summed E-state index contributed by atoms with van der Waals surface area (Å²) in [6, 6.07) is 10.5. The van der Waals surface area contributed by atoms with Gasteiger partial charge < -0.3 is 15.1 Å². The number of benzene rings is 2. The van der Waals surface area contributed by atoms with Crippen LogP contribution in [0, 0.1) is 11.6 Å². The SMILES string of the molecule is CCN1CCN(c2ccc(F)cc2[C@H](C)NC(=O)CSc2ccc(F)cc2)CC1. The maximum Gasteiger partial charge on any atom is 0.230 e. The summed E-state index contributed by atoms with van der Waals surface area (Å²) in [5.74, 6) is -0.531. The van der Waals surface area contributed by atoms with Gasteiger partial charge in [-0.3, -0.25) is 4.79 Å². The summed E-state index contributed by atoms with van der Waals surface area (Å²) in [5.41, 5.74) is 1.76. The van der Waals surface area contributed by atoms with Crippen LogP contribution in [0.25, 0.3) is 0 Å². The first-order valence-corrected chi connectivity index (χ1v) is 10.9. The van der Waals surface area contributed by atoms with Crippen LogP contribution in [-0.2, 0) is 4.79 Å². The molecule has 0 unspecified atom stereocenters. The summed E-state index contributed by atoms with van der Waals surface area (Å²) >= 11 is 1.34. The van der Waals surface area contributed by atoms with E-state index in [1.54, 1.807) is 12.1 Å². The van der Waals surface area contributed by atoms with Crippen molar-refractivity contribution < 1.29 is 13.6 Å². The van der Waals surface area contributed by atoms with Crippen molar-refractivity contribution in [2.24, 2.45) is 0 Å². The fourth-order valence-corrected chi connectivity index (χ4v) is 4.22. The van der Waals surface area contributed by atoms with E-state index >= 15 is 0 Å². The normalized spacial score (nSPS) is 15.9. The lowest BCUT2D eigenvalue weighted by Gasteiger charge is -2.37. The maximum atomic E-state index is 14.0. The topological polar surface area (TPSA) is 35.6 Å². The Bertz CT molecular complexity index is 823. The summed E-state index contributed by atoms with van der Waals surface area (Å²) in [4.78, 5) is 17.9. The summed E-state index contributed by atoms with van der Waals surface area (Å²) in [6.45, 7) is 8.77. The highest BCUT2D eigenvalue weighted by atomic mass is 32.2. The molecule has 1 fully saturated rings. The molecule has 0 aliphatic carbocycles. The van der Waals surface area contributed by atoms with Crippen molar-refractivity contribution in [3.05, 3.63) is 59.7 Å². The Labute approximate surface area is 175 Å². The summed E-state index contributed by atoms with van der Waals surface area (Å²) in [6.07, 6.45) is 0. The van der Waals surface area contributed by atoms with E-state index in [9.17, 15) is 13.6 Å². The fraction of sp³-hybridized carbons (Fsp3) is 0.409. The van der Waals surface area contributed by atoms with Crippen LogP contribution in [0.1, 0.15) is 25.5 Å². The second kappa shape index (κ2) is 10.1. The first-order chi connectivity index (χ1) is 14.0. The largest absolute Gasteiger partial charge is 0.369 e. The van der Waals surface area contributed by atoms with Gasteiger partial charge >= 0.3 is 0 Å². The lowest BCUT2D eigenvalue weighted by atomic mass is 10.0. The number of hydrogen-bond acceptors (Lipinski definition) is 4. The van der Waals surface area contributed by atoms with Crippen molar-refractivity contribution in [3.63, 3.8) is 0 Å². The third kappa shape index (κ3) is 5.93. The molecule has 0 spiro atoms. The predicted octanol–water partition coefficient (Wildman–Crippen LogP) is 4.08. The van der Waals surface area contributed by atoms with E-state index in [2.05, 4.69) is 22.0 Å². The van der Waals surface area contributed by atoms with Crippen molar-refractivity contribution >= 4 is 23.4 Å². The molecule has 29 heavy (non-hydrogen) atoms. The number of piperazine rings is 1. The van der Waals surface area contributed by atoms with Crippen LogP contribution < -0.4 is 10.2 Å². The highest BCUT2D eigenvalue weighted by molar-refractivity contribution is 8.00. The molecule has 3 rings (SSSR count). The van der Waals surface area contributed by atoms with Gasteiger partial charge in [-0.2, -0.15) is 0 Å². The van der Waals surface area contributed by atoms with E-state index in [-0.39, 0.29) is 29.3 Å². The molecular weight excluding hydrogens is 392 g/mol. The standard InChI is InChI=1S/C22H27F2N3OS/c1-3-26-10-12-27(13-11-26)21-9-6-18(24)14-20(21)16(2)25-22(28)15-29-19-7-4-17(23)5-8-19/h4-9,14,16H,3,10-13,15H2,1-2H3,(H,25,28)/t16-/m0/s1. The number of carbonyl (C=O) groups is 1. The van der Waals surface area contributed by atoms with E-state index in [1.165, 1.54) is 36.0 Å². The molecule has 1 N–H and O–H groups in total. The van der Waals surface area contributed by atoms with Crippen molar-refractivity contribution in [1.82, 2.24) is 10.2 Å². The Kier molecular flexibility index (Phi) is 7.50. The number of nitrogens with zero attached hydrogens (tertiary/aromatic N) is 2. The average molecular weight is 420 g/mol. The highest BCUT2D eigenvalue weighted by Crippen LogP contribution is 2.28. The van der Waals surface area contributed by atoms with Gasteiger partial charge in [-0.1, -0.05) is 6.92 Å². The molecule has 4 nitrogen and oxygen atoms in total. The quantitative estimate of drug-likeness (QED) is 0.686. The zero-order valence-corrected chi connectivity index (χ0v) is 17.6. The fourth-order valence-electron chi connectivity index (χ4n) is 3.51. The van der Waals surface area contributed by atoms with Crippen molar-refractivity contribution in [1.29, 1.82) is 0 Å². The van der Waals surface area contributed by atoms with Crippen molar-refractivity contribution in [2.75, 3.05) is 43.4 Å². The number of nitrogens with one attached hydrogen (secondary N) is 1. The molecule has 0 aromatic heterocycles. The molecule has 1 heterocycles. The molecule has 1 amide bonds. The Balaban J connectivity index is 1.63. The molecule has 0 saturated carbocycles. The molecule has 1 atom stereocenters. The van der Waals surface area contributed by atoms with Crippen LogP contribution in [0.4, 0.5) is 14.5 Å². The molecule has 2 aromatic rings. The maximum absolute atomic E-state index is 14.0. The molecule has 7 heteroatoms. The van der Waals surface area contributed by atoms with Gasteiger partial charge in [-0.15, -0.1) is 11.8 Å². The second-order valence-electron chi connectivity index (χ2n) is 7.16. The third-order valence-corrected chi connectivity index (χ3v) is 6.19. The van der Waals surface area contributed by atoms with E-state index < -0.39 is 0 Å².